The van der Waals surface area contributed by atoms with Crippen LogP contribution in [0.5, 0.6) is 0 Å². The molecule has 0 fully saturated rings. The van der Waals surface area contributed by atoms with Crippen LogP contribution in [0.4, 0.5) is 5.69 Å². The van der Waals surface area contributed by atoms with Crippen molar-refractivity contribution in [1.29, 1.82) is 0 Å². The number of nitrogens with one attached hydrogen (secondary N) is 2. The van der Waals surface area contributed by atoms with Gasteiger partial charge in [0.1, 0.15) is 0 Å². The van der Waals surface area contributed by atoms with Crippen molar-refractivity contribution < 1.29 is 14.4 Å². The van der Waals surface area contributed by atoms with E-state index in [4.69, 9.17) is 9.79 Å². The van der Waals surface area contributed by atoms with Gasteiger partial charge in [-0.05, 0) is 71.4 Å². The summed E-state index contributed by atoms with van der Waals surface area (Å²) in [6.45, 7) is 2.22. The third kappa shape index (κ3) is 9.85. The second kappa shape index (κ2) is 12.4. The molecule has 0 amide bonds. The largest absolute Gasteiger partial charge is 0.384 e. The zero-order valence-electron chi connectivity index (χ0n) is 16.1. The van der Waals surface area contributed by atoms with Gasteiger partial charge in [-0.1, -0.05) is 42.8 Å². The molecule has 0 saturated heterocycles. The van der Waals surface area contributed by atoms with Gasteiger partial charge in [-0.2, -0.15) is 0 Å². The molecule has 0 unspecified atom stereocenters. The molecular formula is C21H30BrN2O3P. The average molecular weight is 469 g/mol. The number of aryl methyl sites for hydroxylation is 1. The molecule has 0 aliphatic heterocycles. The Morgan fingerprint density at radius 1 is 0.893 bits per heavy atom. The van der Waals surface area contributed by atoms with E-state index in [1.54, 1.807) is 0 Å². The van der Waals surface area contributed by atoms with Crippen molar-refractivity contribution in [2.24, 2.45) is 0 Å². The molecule has 28 heavy (non-hydrogen) atoms. The molecule has 0 heterocycles. The molecule has 154 valence electrons. The standard InChI is InChI=1S/C21H30BrN2O3P/c22-20-16-19(17-23-13-7-15-28(25,26)27)11-12-21(20)24-14-6-2-5-10-18-8-3-1-4-9-18/h1,3-4,8-9,11-12,16,23-24H,2,5-7,10,13-15,17H2,(H2,25,26,27). The van der Waals surface area contributed by atoms with Gasteiger partial charge in [0, 0.05) is 23.2 Å². The van der Waals surface area contributed by atoms with Crippen LogP contribution in [0.1, 0.15) is 36.8 Å². The van der Waals surface area contributed by atoms with E-state index >= 15 is 0 Å². The summed E-state index contributed by atoms with van der Waals surface area (Å²) >= 11 is 3.62. The molecule has 4 N–H and O–H groups in total. The first kappa shape index (κ1) is 23.1. The minimum absolute atomic E-state index is 0.0715. The SMILES string of the molecule is O=P(O)(O)CCCNCc1ccc(NCCCCCc2ccccc2)c(Br)c1. The monoisotopic (exact) mass is 468 g/mol. The van der Waals surface area contributed by atoms with Crippen LogP contribution in [0.15, 0.2) is 53.0 Å². The van der Waals surface area contributed by atoms with E-state index in [0.29, 0.717) is 19.5 Å². The summed E-state index contributed by atoms with van der Waals surface area (Å²) in [4.78, 5) is 17.7. The second-order valence-corrected chi connectivity index (χ2v) is 9.59. The van der Waals surface area contributed by atoms with Crippen molar-refractivity contribution >= 4 is 29.2 Å². The highest BCUT2D eigenvalue weighted by molar-refractivity contribution is 9.10. The Labute approximate surface area is 176 Å². The molecule has 0 spiro atoms. The van der Waals surface area contributed by atoms with Crippen LogP contribution in [0, 0.1) is 0 Å². The number of halogens is 1. The normalized spacial score (nSPS) is 11.5. The fourth-order valence-electron chi connectivity index (χ4n) is 2.95. The van der Waals surface area contributed by atoms with Crippen molar-refractivity contribution in [1.82, 2.24) is 5.32 Å². The van der Waals surface area contributed by atoms with Crippen molar-refractivity contribution in [3.8, 4) is 0 Å². The maximum Gasteiger partial charge on any atom is 0.325 e. The molecule has 5 nitrogen and oxygen atoms in total. The topological polar surface area (TPSA) is 81.6 Å². The highest BCUT2D eigenvalue weighted by Crippen LogP contribution is 2.34. The second-order valence-electron chi connectivity index (χ2n) is 6.96. The molecule has 0 bridgehead atoms. The molecule has 0 radical (unpaired) electrons. The zero-order valence-corrected chi connectivity index (χ0v) is 18.6. The molecule has 0 aliphatic carbocycles. The molecule has 0 aliphatic rings. The summed E-state index contributed by atoms with van der Waals surface area (Å²) in [5.74, 6) is 0. The van der Waals surface area contributed by atoms with Crippen LogP contribution in [0.25, 0.3) is 0 Å². The van der Waals surface area contributed by atoms with Crippen molar-refractivity contribution in [2.75, 3.05) is 24.6 Å². The Morgan fingerprint density at radius 3 is 2.39 bits per heavy atom. The number of hydrogen-bond donors (Lipinski definition) is 4. The van der Waals surface area contributed by atoms with E-state index in [2.05, 4.69) is 75.1 Å². The van der Waals surface area contributed by atoms with E-state index < -0.39 is 7.60 Å². The summed E-state index contributed by atoms with van der Waals surface area (Å²) in [6.07, 6.45) is 5.09. The molecular weight excluding hydrogens is 439 g/mol. The summed E-state index contributed by atoms with van der Waals surface area (Å²) in [5.41, 5.74) is 3.63. The minimum atomic E-state index is -3.88. The summed E-state index contributed by atoms with van der Waals surface area (Å²) in [6, 6.07) is 16.8. The van der Waals surface area contributed by atoms with Crippen LogP contribution in [-0.4, -0.2) is 29.0 Å². The van der Waals surface area contributed by atoms with Crippen molar-refractivity contribution in [3.63, 3.8) is 0 Å². The van der Waals surface area contributed by atoms with Crippen molar-refractivity contribution in [2.45, 2.75) is 38.6 Å². The predicted molar refractivity (Wildman–Crippen MR) is 120 cm³/mol. The Kier molecular flexibility index (Phi) is 10.2. The van der Waals surface area contributed by atoms with Gasteiger partial charge >= 0.3 is 7.60 Å². The van der Waals surface area contributed by atoms with Crippen LogP contribution in [-0.2, 0) is 17.5 Å². The van der Waals surface area contributed by atoms with E-state index in [1.165, 1.54) is 18.4 Å². The van der Waals surface area contributed by atoms with Gasteiger partial charge in [0.25, 0.3) is 0 Å². The third-order valence-electron chi connectivity index (χ3n) is 4.47. The van der Waals surface area contributed by atoms with Gasteiger partial charge in [-0.15, -0.1) is 0 Å². The van der Waals surface area contributed by atoms with E-state index in [9.17, 15) is 4.57 Å². The van der Waals surface area contributed by atoms with Crippen LogP contribution >= 0.6 is 23.5 Å². The lowest BCUT2D eigenvalue weighted by atomic mass is 10.1. The average Bonchev–Trinajstić information content (AvgIpc) is 2.65. The fourth-order valence-corrected chi connectivity index (χ4v) is 4.09. The van der Waals surface area contributed by atoms with Crippen LogP contribution in [0.3, 0.4) is 0 Å². The Balaban J connectivity index is 1.60. The number of anilines is 1. The molecule has 0 atom stereocenters. The molecule has 2 rings (SSSR count). The first-order chi connectivity index (χ1) is 13.4. The zero-order chi connectivity index (χ0) is 20.2. The van der Waals surface area contributed by atoms with E-state index in [0.717, 1.165) is 35.1 Å². The molecule has 2 aromatic rings. The smallest absolute Gasteiger partial charge is 0.325 e. The lowest BCUT2D eigenvalue weighted by Crippen LogP contribution is -2.16. The number of unbranched alkanes of at least 4 members (excludes halogenated alkanes) is 2. The minimum Gasteiger partial charge on any atom is -0.384 e. The number of rotatable bonds is 13. The summed E-state index contributed by atoms with van der Waals surface area (Å²) in [5, 5.41) is 6.69. The Morgan fingerprint density at radius 2 is 1.68 bits per heavy atom. The summed E-state index contributed by atoms with van der Waals surface area (Å²) in [7, 11) is -3.88. The molecule has 0 aromatic heterocycles. The van der Waals surface area contributed by atoms with Gasteiger partial charge in [-0.3, -0.25) is 4.57 Å². The maximum absolute atomic E-state index is 10.8. The van der Waals surface area contributed by atoms with Crippen LogP contribution in [0.2, 0.25) is 0 Å². The lowest BCUT2D eigenvalue weighted by Gasteiger charge is -2.11. The highest BCUT2D eigenvalue weighted by Gasteiger charge is 2.11. The summed E-state index contributed by atoms with van der Waals surface area (Å²) < 4.78 is 11.8. The van der Waals surface area contributed by atoms with Gasteiger partial charge < -0.3 is 20.4 Å². The quantitative estimate of drug-likeness (QED) is 0.247. The van der Waals surface area contributed by atoms with E-state index in [-0.39, 0.29) is 6.16 Å². The van der Waals surface area contributed by atoms with E-state index in [1.807, 2.05) is 0 Å². The van der Waals surface area contributed by atoms with Gasteiger partial charge in [0.2, 0.25) is 0 Å². The lowest BCUT2D eigenvalue weighted by molar-refractivity contribution is 0.371. The van der Waals surface area contributed by atoms with Gasteiger partial charge in [-0.25, -0.2) is 0 Å². The number of benzene rings is 2. The molecule has 0 saturated carbocycles. The fraction of sp³-hybridized carbons (Fsp3) is 0.429. The third-order valence-corrected chi connectivity index (χ3v) is 6.02. The van der Waals surface area contributed by atoms with Crippen molar-refractivity contribution in [3.05, 3.63) is 64.1 Å². The maximum atomic E-state index is 10.8. The first-order valence-corrected chi connectivity index (χ1v) is 12.3. The molecule has 2 aromatic carbocycles. The molecule has 7 heteroatoms. The first-order valence-electron chi connectivity index (χ1n) is 9.75. The Hall–Kier alpha value is -1.17. The number of hydrogen-bond acceptors (Lipinski definition) is 3. The van der Waals surface area contributed by atoms with Gasteiger partial charge in [0.05, 0.1) is 6.16 Å². The highest BCUT2D eigenvalue weighted by atomic mass is 79.9. The van der Waals surface area contributed by atoms with Gasteiger partial charge in [0.15, 0.2) is 0 Å². The Bertz CT molecular complexity index is 753. The predicted octanol–water partition coefficient (Wildman–Crippen LogP) is 4.93. The van der Waals surface area contributed by atoms with Crippen LogP contribution < -0.4 is 10.6 Å².